The SMILES string of the molecule is CCC(C)(CC)C(=O)/C=C(\O)C(C)(CC)CC.[Ir].[c-]1c(-c2nccc3oc4c(c23)CCc2cnccc2-4)cc(-c2ccccc2)c2ccccc12. The number of pyridine rings is 2. The molecule has 0 aliphatic heterocycles. The first kappa shape index (κ1) is 37.9. The van der Waals surface area contributed by atoms with Crippen molar-refractivity contribution in [1.82, 2.24) is 9.97 Å². The van der Waals surface area contributed by atoms with E-state index in [4.69, 9.17) is 9.40 Å². The van der Waals surface area contributed by atoms with Gasteiger partial charge in [-0.05, 0) is 61.8 Å². The molecule has 0 fully saturated rings. The van der Waals surface area contributed by atoms with Crippen LogP contribution in [0.2, 0.25) is 0 Å². The molecular formula is C45H47IrN2O3-. The van der Waals surface area contributed by atoms with Crippen LogP contribution in [-0.4, -0.2) is 20.9 Å². The van der Waals surface area contributed by atoms with Crippen LogP contribution in [0.4, 0.5) is 0 Å². The van der Waals surface area contributed by atoms with Gasteiger partial charge in [0.05, 0.1) is 0 Å². The topological polar surface area (TPSA) is 76.2 Å². The number of ketones is 1. The molecule has 0 saturated heterocycles. The first-order chi connectivity index (χ1) is 24.2. The molecule has 3 aromatic heterocycles. The zero-order valence-electron chi connectivity index (χ0n) is 30.5. The molecule has 1 radical (unpaired) electrons. The monoisotopic (exact) mass is 856 g/mol. The number of aliphatic hydroxyl groups excluding tert-OH is 1. The van der Waals surface area contributed by atoms with Gasteiger partial charge in [0.25, 0.3) is 0 Å². The Morgan fingerprint density at radius 3 is 2.25 bits per heavy atom. The number of allylic oxidation sites excluding steroid dienone is 2. The molecule has 5 nitrogen and oxygen atoms in total. The predicted molar refractivity (Wildman–Crippen MR) is 205 cm³/mol. The average molecular weight is 856 g/mol. The Bertz CT molecular complexity index is 2180. The summed E-state index contributed by atoms with van der Waals surface area (Å²) in [5, 5.41) is 13.5. The van der Waals surface area contributed by atoms with Gasteiger partial charge in [-0.25, -0.2) is 0 Å². The summed E-state index contributed by atoms with van der Waals surface area (Å²) in [5.74, 6) is 1.24. The van der Waals surface area contributed by atoms with Crippen molar-refractivity contribution in [2.24, 2.45) is 10.8 Å². The normalized spacial score (nSPS) is 12.8. The standard InChI is InChI=1S/C30H19N2O.C15H28O2.Ir/c1-2-6-19(7-3-1)26-17-22(16-20-8-4-5-9-23(20)26)29-28-25-11-10-21-18-31-14-12-24(21)30(25)33-27(28)13-15-32-29;1-7-14(5,8-2)12(16)11-13(17)15(6,9-3)10-4;/h1-9,12-15,17-18H,10-11H2;11,16H,7-10H2,1-6H3;/q-1;;/b;12-11-;. The summed E-state index contributed by atoms with van der Waals surface area (Å²) in [6.07, 6.45) is 12.3. The second kappa shape index (κ2) is 15.9. The second-order valence-electron chi connectivity index (χ2n) is 13.9. The minimum atomic E-state index is -0.337. The van der Waals surface area contributed by atoms with Gasteiger partial charge in [0.2, 0.25) is 0 Å². The van der Waals surface area contributed by atoms with Gasteiger partial charge in [-0.2, -0.15) is 0 Å². The van der Waals surface area contributed by atoms with E-state index in [1.54, 1.807) is 0 Å². The smallest absolute Gasteiger partial charge is 0.164 e. The Labute approximate surface area is 315 Å². The molecule has 6 aromatic rings. The molecule has 0 amide bonds. The van der Waals surface area contributed by atoms with Gasteiger partial charge in [0.15, 0.2) is 5.78 Å². The zero-order valence-corrected chi connectivity index (χ0v) is 32.9. The number of aliphatic hydroxyl groups is 1. The van der Waals surface area contributed by atoms with Crippen molar-refractivity contribution in [3.8, 4) is 33.7 Å². The van der Waals surface area contributed by atoms with Crippen LogP contribution in [0.5, 0.6) is 0 Å². The van der Waals surface area contributed by atoms with E-state index < -0.39 is 0 Å². The van der Waals surface area contributed by atoms with E-state index in [1.165, 1.54) is 33.7 Å². The molecule has 1 aliphatic carbocycles. The van der Waals surface area contributed by atoms with E-state index >= 15 is 0 Å². The fourth-order valence-corrected chi connectivity index (χ4v) is 6.77. The minimum absolute atomic E-state index is 0. The van der Waals surface area contributed by atoms with E-state index in [-0.39, 0.29) is 42.5 Å². The number of aryl methyl sites for hydroxylation is 2. The maximum Gasteiger partial charge on any atom is 0.164 e. The van der Waals surface area contributed by atoms with Crippen LogP contribution in [0.3, 0.4) is 0 Å². The van der Waals surface area contributed by atoms with Gasteiger partial charge in [0, 0.05) is 77.8 Å². The average Bonchev–Trinajstić information content (AvgIpc) is 3.57. The summed E-state index contributed by atoms with van der Waals surface area (Å²) in [5.41, 5.74) is 8.17. The first-order valence-electron chi connectivity index (χ1n) is 18.0. The molecule has 0 saturated carbocycles. The van der Waals surface area contributed by atoms with Gasteiger partial charge >= 0.3 is 0 Å². The van der Waals surface area contributed by atoms with Crippen LogP contribution in [-0.2, 0) is 37.7 Å². The van der Waals surface area contributed by atoms with Crippen molar-refractivity contribution in [3.05, 3.63) is 120 Å². The summed E-state index contributed by atoms with van der Waals surface area (Å²) >= 11 is 0. The van der Waals surface area contributed by atoms with Crippen LogP contribution >= 0.6 is 0 Å². The molecule has 1 aliphatic rings. The zero-order chi connectivity index (χ0) is 35.5. The number of benzene rings is 3. The molecule has 0 unspecified atom stereocenters. The van der Waals surface area contributed by atoms with Crippen molar-refractivity contribution < 1.29 is 34.4 Å². The Hall–Kier alpha value is -4.38. The second-order valence-corrected chi connectivity index (χ2v) is 13.9. The molecular weight excluding hydrogens is 809 g/mol. The van der Waals surface area contributed by atoms with Gasteiger partial charge < -0.3 is 9.52 Å². The molecule has 3 aromatic carbocycles. The van der Waals surface area contributed by atoms with Crippen molar-refractivity contribution >= 4 is 27.5 Å². The largest absolute Gasteiger partial charge is 0.512 e. The third-order valence-electron chi connectivity index (χ3n) is 11.2. The minimum Gasteiger partial charge on any atom is -0.512 e. The Morgan fingerprint density at radius 2 is 1.55 bits per heavy atom. The molecule has 0 bridgehead atoms. The van der Waals surface area contributed by atoms with E-state index in [9.17, 15) is 9.90 Å². The summed E-state index contributed by atoms with van der Waals surface area (Å²) in [4.78, 5) is 21.3. The third-order valence-corrected chi connectivity index (χ3v) is 11.2. The van der Waals surface area contributed by atoms with Gasteiger partial charge in [-0.1, -0.05) is 107 Å². The van der Waals surface area contributed by atoms with Crippen molar-refractivity contribution in [3.63, 3.8) is 0 Å². The van der Waals surface area contributed by atoms with Crippen molar-refractivity contribution in [1.29, 1.82) is 0 Å². The number of carbonyl (C=O) groups excluding carboxylic acids is 1. The number of furan rings is 1. The van der Waals surface area contributed by atoms with Crippen LogP contribution < -0.4 is 0 Å². The van der Waals surface area contributed by atoms with E-state index in [0.29, 0.717) is 0 Å². The van der Waals surface area contributed by atoms with E-state index in [1.807, 2.05) is 66.2 Å². The van der Waals surface area contributed by atoms with Gasteiger partial charge in [0.1, 0.15) is 17.1 Å². The molecule has 7 rings (SSSR count). The molecule has 265 valence electrons. The first-order valence-corrected chi connectivity index (χ1v) is 18.0. The summed E-state index contributed by atoms with van der Waals surface area (Å²) in [6, 6.07) is 28.9. The van der Waals surface area contributed by atoms with Crippen LogP contribution in [0.1, 0.15) is 78.4 Å². The number of rotatable bonds is 9. The number of hydrogen-bond acceptors (Lipinski definition) is 5. The fraction of sp³-hybridized carbons (Fsp3) is 0.311. The molecule has 6 heteroatoms. The van der Waals surface area contributed by atoms with Crippen molar-refractivity contribution in [2.45, 2.75) is 80.1 Å². The van der Waals surface area contributed by atoms with Crippen LogP contribution in [0, 0.1) is 16.9 Å². The quantitative estimate of drug-likeness (QED) is 0.0890. The summed E-state index contributed by atoms with van der Waals surface area (Å²) < 4.78 is 6.40. The summed E-state index contributed by atoms with van der Waals surface area (Å²) in [6.45, 7) is 12.1. The molecule has 51 heavy (non-hydrogen) atoms. The maximum absolute atomic E-state index is 12.2. The Balaban J connectivity index is 0.000000242. The molecule has 0 atom stereocenters. The molecule has 0 spiro atoms. The maximum atomic E-state index is 12.2. The van der Waals surface area contributed by atoms with E-state index in [2.05, 4.69) is 77.8 Å². The van der Waals surface area contributed by atoms with Gasteiger partial charge in [-0.15, -0.1) is 23.6 Å². The Kier molecular flexibility index (Phi) is 11.8. The number of hydrogen-bond donors (Lipinski definition) is 1. The van der Waals surface area contributed by atoms with Crippen molar-refractivity contribution in [2.75, 3.05) is 0 Å². The summed E-state index contributed by atoms with van der Waals surface area (Å²) in [7, 11) is 0. The third kappa shape index (κ3) is 7.36. The van der Waals surface area contributed by atoms with Crippen LogP contribution in [0.25, 0.3) is 55.4 Å². The number of aromatic nitrogens is 2. The number of carbonyl (C=O) groups is 1. The molecule has 1 N–H and O–H groups in total. The van der Waals surface area contributed by atoms with E-state index in [0.717, 1.165) is 77.5 Å². The Morgan fingerprint density at radius 1 is 0.863 bits per heavy atom. The molecule has 3 heterocycles. The number of nitrogens with zero attached hydrogens (tertiary/aromatic N) is 2. The fourth-order valence-electron chi connectivity index (χ4n) is 6.77. The van der Waals surface area contributed by atoms with Crippen LogP contribution in [0.15, 0.2) is 108 Å². The van der Waals surface area contributed by atoms with Gasteiger partial charge in [-0.3, -0.25) is 14.8 Å². The predicted octanol–water partition coefficient (Wildman–Crippen LogP) is 11.9. The number of fused-ring (bicyclic) bond motifs is 6.